The van der Waals surface area contributed by atoms with Crippen molar-refractivity contribution in [3.63, 3.8) is 0 Å². The third-order valence-corrected chi connectivity index (χ3v) is 6.87. The van der Waals surface area contributed by atoms with Gasteiger partial charge in [0, 0.05) is 24.2 Å². The molecule has 0 spiro atoms. The molecule has 4 heterocycles. The summed E-state index contributed by atoms with van der Waals surface area (Å²) in [6.07, 6.45) is 3.64. The fourth-order valence-electron chi connectivity index (χ4n) is 4.28. The van der Waals surface area contributed by atoms with Crippen molar-refractivity contribution in [3.05, 3.63) is 68.9 Å². The summed E-state index contributed by atoms with van der Waals surface area (Å²) in [4.78, 5) is 20.2. The number of benzene rings is 1. The summed E-state index contributed by atoms with van der Waals surface area (Å²) < 4.78 is 17.4. The van der Waals surface area contributed by atoms with Gasteiger partial charge < -0.3 is 18.7 Å². The highest BCUT2D eigenvalue weighted by molar-refractivity contribution is 7.13. The lowest BCUT2D eigenvalue weighted by Crippen LogP contribution is -2.39. The molecule has 3 aromatic heterocycles. The van der Waals surface area contributed by atoms with E-state index in [1.54, 1.807) is 12.3 Å². The minimum Gasteiger partial charge on any atom is -0.507 e. The monoisotopic (exact) mass is 452 g/mol. The standard InChI is InChI=1S/C24H24N2O5S/c1-3-15-11-16-22(28)17(24-25-14(2)13-32-24)12-31-23(16)19(21(15)27)20(18-5-4-8-30-18)26-6-9-29-10-7-26/h4-5,8,11-13,20,27H,3,6-7,9-10H2,1-2H3/t20-/m1/s1. The van der Waals surface area contributed by atoms with Gasteiger partial charge >= 0.3 is 0 Å². The van der Waals surface area contributed by atoms with Gasteiger partial charge in [-0.05, 0) is 37.1 Å². The van der Waals surface area contributed by atoms with Crippen molar-refractivity contribution in [2.75, 3.05) is 26.3 Å². The minimum atomic E-state index is -0.404. The Kier molecular flexibility index (Phi) is 5.58. The van der Waals surface area contributed by atoms with Crippen LogP contribution in [0.2, 0.25) is 0 Å². The molecule has 7 nitrogen and oxygen atoms in total. The van der Waals surface area contributed by atoms with Crippen LogP contribution in [0.4, 0.5) is 0 Å². The summed E-state index contributed by atoms with van der Waals surface area (Å²) >= 11 is 1.41. The van der Waals surface area contributed by atoms with Crippen molar-refractivity contribution in [2.45, 2.75) is 26.3 Å². The molecule has 5 rings (SSSR count). The van der Waals surface area contributed by atoms with Crippen LogP contribution >= 0.6 is 11.3 Å². The molecule has 166 valence electrons. The first kappa shape index (κ1) is 20.9. The molecule has 1 aliphatic rings. The number of hydrogen-bond donors (Lipinski definition) is 1. The molecule has 1 atom stereocenters. The van der Waals surface area contributed by atoms with E-state index in [0.717, 1.165) is 5.69 Å². The molecule has 8 heteroatoms. The van der Waals surface area contributed by atoms with Crippen LogP contribution in [0.25, 0.3) is 21.5 Å². The molecule has 0 bridgehead atoms. The van der Waals surface area contributed by atoms with Gasteiger partial charge in [0.1, 0.15) is 34.4 Å². The van der Waals surface area contributed by atoms with Crippen LogP contribution in [0.3, 0.4) is 0 Å². The van der Waals surface area contributed by atoms with E-state index in [-0.39, 0.29) is 11.2 Å². The van der Waals surface area contributed by atoms with E-state index in [9.17, 15) is 9.90 Å². The largest absolute Gasteiger partial charge is 0.507 e. The second-order valence-corrected chi connectivity index (χ2v) is 8.73. The van der Waals surface area contributed by atoms with Crippen LogP contribution in [-0.2, 0) is 11.2 Å². The van der Waals surface area contributed by atoms with Crippen LogP contribution in [0, 0.1) is 6.92 Å². The number of morpholine rings is 1. The fourth-order valence-corrected chi connectivity index (χ4v) is 5.08. The van der Waals surface area contributed by atoms with Gasteiger partial charge in [-0.3, -0.25) is 9.69 Å². The molecule has 1 fully saturated rings. The topological polar surface area (TPSA) is 88.9 Å². The molecular formula is C24H24N2O5S. The molecule has 0 radical (unpaired) electrons. The summed E-state index contributed by atoms with van der Waals surface area (Å²) in [5, 5.41) is 14.3. The molecule has 0 amide bonds. The number of ether oxygens (including phenoxy) is 1. The van der Waals surface area contributed by atoms with E-state index in [1.807, 2.05) is 31.4 Å². The normalized spacial score (nSPS) is 15.9. The van der Waals surface area contributed by atoms with Crippen molar-refractivity contribution in [3.8, 4) is 16.3 Å². The molecule has 1 aromatic carbocycles. The zero-order chi connectivity index (χ0) is 22.2. The van der Waals surface area contributed by atoms with E-state index in [4.69, 9.17) is 13.6 Å². The second kappa shape index (κ2) is 8.54. The predicted octanol–water partition coefficient (Wildman–Crippen LogP) is 4.51. The van der Waals surface area contributed by atoms with Crippen molar-refractivity contribution in [2.24, 2.45) is 0 Å². The van der Waals surface area contributed by atoms with Crippen molar-refractivity contribution in [1.82, 2.24) is 9.88 Å². The SMILES string of the molecule is CCc1cc2c(=O)c(-c3nc(C)cs3)coc2c([C@@H](c2ccco2)N2CCOCC2)c1O. The van der Waals surface area contributed by atoms with Gasteiger partial charge in [0.2, 0.25) is 5.43 Å². The average Bonchev–Trinajstić information content (AvgIpc) is 3.48. The van der Waals surface area contributed by atoms with Gasteiger partial charge in [-0.2, -0.15) is 0 Å². The summed E-state index contributed by atoms with van der Waals surface area (Å²) in [6, 6.07) is 5.04. The summed E-state index contributed by atoms with van der Waals surface area (Å²) in [6.45, 7) is 6.36. The zero-order valence-electron chi connectivity index (χ0n) is 18.0. The number of aryl methyl sites for hydroxylation is 2. The third-order valence-electron chi connectivity index (χ3n) is 5.88. The van der Waals surface area contributed by atoms with Gasteiger partial charge in [-0.25, -0.2) is 4.98 Å². The Morgan fingerprint density at radius 3 is 2.75 bits per heavy atom. The number of fused-ring (bicyclic) bond motifs is 1. The van der Waals surface area contributed by atoms with Crippen molar-refractivity contribution < 1.29 is 18.7 Å². The number of aromatic nitrogens is 1. The Hall–Kier alpha value is -2.94. The zero-order valence-corrected chi connectivity index (χ0v) is 18.8. The fraction of sp³-hybridized carbons (Fsp3) is 0.333. The number of phenolic OH excluding ortho intramolecular Hbond substituents is 1. The Balaban J connectivity index is 1.78. The molecule has 0 unspecified atom stereocenters. The first-order valence-electron chi connectivity index (χ1n) is 10.7. The van der Waals surface area contributed by atoms with E-state index in [1.165, 1.54) is 17.6 Å². The van der Waals surface area contributed by atoms with E-state index >= 15 is 0 Å². The summed E-state index contributed by atoms with van der Waals surface area (Å²) in [5.74, 6) is 0.813. The van der Waals surface area contributed by atoms with Gasteiger partial charge in [-0.1, -0.05) is 6.92 Å². The molecule has 0 aliphatic carbocycles. The van der Waals surface area contributed by atoms with Crippen molar-refractivity contribution >= 4 is 22.3 Å². The Labute approximate surface area is 188 Å². The van der Waals surface area contributed by atoms with E-state index < -0.39 is 6.04 Å². The average molecular weight is 453 g/mol. The highest BCUT2D eigenvalue weighted by atomic mass is 32.1. The minimum absolute atomic E-state index is 0.133. The number of phenols is 1. The van der Waals surface area contributed by atoms with Crippen LogP contribution in [-0.4, -0.2) is 41.3 Å². The van der Waals surface area contributed by atoms with Crippen LogP contribution in [0.15, 0.2) is 49.7 Å². The van der Waals surface area contributed by atoms with Gasteiger partial charge in [0.25, 0.3) is 0 Å². The number of furan rings is 1. The number of rotatable bonds is 5. The lowest BCUT2D eigenvalue weighted by atomic mass is 9.94. The first-order valence-corrected chi connectivity index (χ1v) is 11.5. The predicted molar refractivity (Wildman–Crippen MR) is 122 cm³/mol. The number of hydrogen-bond acceptors (Lipinski definition) is 8. The Morgan fingerprint density at radius 2 is 2.09 bits per heavy atom. The highest BCUT2D eigenvalue weighted by Gasteiger charge is 2.33. The number of thiazole rings is 1. The molecular weight excluding hydrogens is 428 g/mol. The molecule has 4 aromatic rings. The van der Waals surface area contributed by atoms with Crippen LogP contribution in [0.1, 0.15) is 35.5 Å². The summed E-state index contributed by atoms with van der Waals surface area (Å²) in [5.41, 5.74) is 2.74. The molecule has 1 saturated heterocycles. The molecule has 0 saturated carbocycles. The lowest BCUT2D eigenvalue weighted by Gasteiger charge is -2.34. The maximum absolute atomic E-state index is 13.5. The maximum atomic E-state index is 13.5. The van der Waals surface area contributed by atoms with Gasteiger partial charge in [-0.15, -0.1) is 11.3 Å². The third kappa shape index (κ3) is 3.54. The highest BCUT2D eigenvalue weighted by Crippen LogP contribution is 2.42. The number of aromatic hydroxyl groups is 1. The number of nitrogens with zero attached hydrogens (tertiary/aromatic N) is 2. The quantitative estimate of drug-likeness (QED) is 0.477. The Bertz CT molecular complexity index is 1300. The van der Waals surface area contributed by atoms with Crippen molar-refractivity contribution in [1.29, 1.82) is 0 Å². The van der Waals surface area contributed by atoms with Gasteiger partial charge in [0.15, 0.2) is 0 Å². The first-order chi connectivity index (χ1) is 15.6. The van der Waals surface area contributed by atoms with Gasteiger partial charge in [0.05, 0.1) is 36.0 Å². The molecule has 1 N–H and O–H groups in total. The second-order valence-electron chi connectivity index (χ2n) is 7.87. The molecule has 32 heavy (non-hydrogen) atoms. The Morgan fingerprint density at radius 1 is 1.28 bits per heavy atom. The lowest BCUT2D eigenvalue weighted by molar-refractivity contribution is 0.0198. The van der Waals surface area contributed by atoms with E-state index in [0.29, 0.717) is 71.2 Å². The smallest absolute Gasteiger partial charge is 0.202 e. The van der Waals surface area contributed by atoms with E-state index in [2.05, 4.69) is 9.88 Å². The maximum Gasteiger partial charge on any atom is 0.202 e. The van der Waals surface area contributed by atoms with Crippen LogP contribution in [0.5, 0.6) is 5.75 Å². The van der Waals surface area contributed by atoms with Crippen LogP contribution < -0.4 is 5.43 Å². The summed E-state index contributed by atoms with van der Waals surface area (Å²) in [7, 11) is 0. The molecule has 1 aliphatic heterocycles.